The van der Waals surface area contributed by atoms with Gasteiger partial charge in [-0.3, -0.25) is 14.5 Å². The Balaban J connectivity index is 1.86. The molecule has 2 saturated heterocycles. The van der Waals surface area contributed by atoms with Crippen LogP contribution in [0, 0.1) is 0 Å². The van der Waals surface area contributed by atoms with Gasteiger partial charge in [-0.2, -0.15) is 0 Å². The highest BCUT2D eigenvalue weighted by Gasteiger charge is 2.33. The second-order valence-corrected chi connectivity index (χ2v) is 5.26. The van der Waals surface area contributed by atoms with Gasteiger partial charge in [-0.25, -0.2) is 0 Å². The van der Waals surface area contributed by atoms with Crippen LogP contribution in [0.25, 0.3) is 0 Å². The summed E-state index contributed by atoms with van der Waals surface area (Å²) in [5, 5.41) is 0. The summed E-state index contributed by atoms with van der Waals surface area (Å²) in [4.78, 5) is 27.2. The Morgan fingerprint density at radius 1 is 1.11 bits per heavy atom. The van der Waals surface area contributed by atoms with Crippen molar-refractivity contribution in [3.8, 4) is 0 Å². The standard InChI is InChI=1S/C12H22N4O2/c13-9-3-6-15(7-4-9)8-11(17)16-5-1-2-10(16)12(14)18/h9-10H,1-8,13H2,(H2,14,18). The summed E-state index contributed by atoms with van der Waals surface area (Å²) in [6.45, 7) is 2.76. The second kappa shape index (κ2) is 5.67. The van der Waals surface area contributed by atoms with Crippen LogP contribution in [0.3, 0.4) is 0 Å². The number of hydrogen-bond acceptors (Lipinski definition) is 4. The van der Waals surface area contributed by atoms with E-state index in [4.69, 9.17) is 11.5 Å². The molecule has 0 aromatic carbocycles. The SMILES string of the molecule is NC(=O)C1CCCN1C(=O)CN1CCC(N)CC1. The van der Waals surface area contributed by atoms with E-state index in [9.17, 15) is 9.59 Å². The Morgan fingerprint density at radius 3 is 2.39 bits per heavy atom. The third kappa shape index (κ3) is 3.00. The minimum absolute atomic E-state index is 0.0202. The fraction of sp³-hybridized carbons (Fsp3) is 0.833. The lowest BCUT2D eigenvalue weighted by molar-refractivity contribution is -0.138. The van der Waals surface area contributed by atoms with Gasteiger partial charge in [0.2, 0.25) is 11.8 Å². The molecule has 0 aliphatic carbocycles. The lowest BCUT2D eigenvalue weighted by Gasteiger charge is -2.31. The minimum Gasteiger partial charge on any atom is -0.368 e. The molecule has 2 rings (SSSR count). The van der Waals surface area contributed by atoms with Gasteiger partial charge in [0.05, 0.1) is 6.54 Å². The molecular weight excluding hydrogens is 232 g/mol. The van der Waals surface area contributed by atoms with Gasteiger partial charge in [-0.15, -0.1) is 0 Å². The first kappa shape index (κ1) is 13.3. The predicted octanol–water partition coefficient (Wildman–Crippen LogP) is -1.11. The van der Waals surface area contributed by atoms with Crippen LogP contribution in [0.4, 0.5) is 0 Å². The van der Waals surface area contributed by atoms with Gasteiger partial charge in [0, 0.05) is 25.7 Å². The Bertz CT molecular complexity index is 326. The number of piperidine rings is 1. The zero-order valence-electron chi connectivity index (χ0n) is 10.7. The van der Waals surface area contributed by atoms with Crippen molar-refractivity contribution >= 4 is 11.8 Å². The molecule has 2 amide bonds. The molecule has 2 heterocycles. The van der Waals surface area contributed by atoms with Crippen molar-refractivity contribution in [1.82, 2.24) is 9.80 Å². The molecule has 0 aromatic rings. The van der Waals surface area contributed by atoms with E-state index in [0.717, 1.165) is 32.4 Å². The van der Waals surface area contributed by atoms with Gasteiger partial charge in [0.1, 0.15) is 6.04 Å². The third-order valence-corrected chi connectivity index (χ3v) is 3.89. The van der Waals surface area contributed by atoms with E-state index in [1.807, 2.05) is 0 Å². The molecule has 2 aliphatic heterocycles. The van der Waals surface area contributed by atoms with Crippen molar-refractivity contribution < 1.29 is 9.59 Å². The fourth-order valence-corrected chi connectivity index (χ4v) is 2.75. The number of rotatable bonds is 3. The molecule has 2 fully saturated rings. The molecule has 18 heavy (non-hydrogen) atoms. The largest absolute Gasteiger partial charge is 0.368 e. The highest BCUT2D eigenvalue weighted by atomic mass is 16.2. The number of primary amides is 1. The molecule has 6 heteroatoms. The Morgan fingerprint density at radius 2 is 1.78 bits per heavy atom. The van der Waals surface area contributed by atoms with Crippen molar-refractivity contribution in [2.75, 3.05) is 26.2 Å². The van der Waals surface area contributed by atoms with Crippen molar-refractivity contribution in [1.29, 1.82) is 0 Å². The normalized spacial score (nSPS) is 26.5. The molecular formula is C12H22N4O2. The molecule has 0 spiro atoms. The van der Waals surface area contributed by atoms with Gasteiger partial charge < -0.3 is 16.4 Å². The molecule has 0 radical (unpaired) electrons. The summed E-state index contributed by atoms with van der Waals surface area (Å²) in [5.74, 6) is -0.367. The molecule has 1 atom stereocenters. The predicted molar refractivity (Wildman–Crippen MR) is 67.6 cm³/mol. The zero-order chi connectivity index (χ0) is 13.1. The second-order valence-electron chi connectivity index (χ2n) is 5.26. The topological polar surface area (TPSA) is 92.7 Å². The first-order chi connectivity index (χ1) is 8.58. The van der Waals surface area contributed by atoms with Gasteiger partial charge >= 0.3 is 0 Å². The summed E-state index contributed by atoms with van der Waals surface area (Å²) in [6.07, 6.45) is 3.44. The lowest BCUT2D eigenvalue weighted by atomic mass is 10.1. The van der Waals surface area contributed by atoms with E-state index < -0.39 is 6.04 Å². The summed E-state index contributed by atoms with van der Waals surface area (Å²) in [5.41, 5.74) is 11.1. The average molecular weight is 254 g/mol. The highest BCUT2D eigenvalue weighted by Crippen LogP contribution is 2.18. The maximum Gasteiger partial charge on any atom is 0.240 e. The Labute approximate surface area is 107 Å². The van der Waals surface area contributed by atoms with Gasteiger partial charge in [0.15, 0.2) is 0 Å². The number of hydrogen-bond donors (Lipinski definition) is 2. The smallest absolute Gasteiger partial charge is 0.240 e. The van der Waals surface area contributed by atoms with Gasteiger partial charge in [-0.05, 0) is 25.7 Å². The van der Waals surface area contributed by atoms with Crippen LogP contribution < -0.4 is 11.5 Å². The lowest BCUT2D eigenvalue weighted by Crippen LogP contribution is -2.49. The average Bonchev–Trinajstić information content (AvgIpc) is 2.81. The number of carbonyl (C=O) groups excluding carboxylic acids is 2. The highest BCUT2D eigenvalue weighted by molar-refractivity contribution is 5.88. The maximum absolute atomic E-state index is 12.2. The zero-order valence-corrected chi connectivity index (χ0v) is 10.7. The summed E-state index contributed by atoms with van der Waals surface area (Å²) < 4.78 is 0. The van der Waals surface area contributed by atoms with Crippen LogP contribution in [0.2, 0.25) is 0 Å². The number of nitrogens with zero attached hydrogens (tertiary/aromatic N) is 2. The molecule has 0 bridgehead atoms. The molecule has 4 N–H and O–H groups in total. The third-order valence-electron chi connectivity index (χ3n) is 3.89. The summed E-state index contributed by atoms with van der Waals surface area (Å²) >= 11 is 0. The first-order valence-corrected chi connectivity index (χ1v) is 6.64. The van der Waals surface area contributed by atoms with Crippen LogP contribution in [0.5, 0.6) is 0 Å². The summed E-state index contributed by atoms with van der Waals surface area (Å²) in [7, 11) is 0. The molecule has 102 valence electrons. The van der Waals surface area contributed by atoms with E-state index in [-0.39, 0.29) is 17.9 Å². The van der Waals surface area contributed by atoms with Crippen LogP contribution in [-0.4, -0.2) is 59.9 Å². The molecule has 2 aliphatic rings. The quantitative estimate of drug-likeness (QED) is 0.667. The number of nitrogens with two attached hydrogens (primary N) is 2. The van der Waals surface area contributed by atoms with E-state index in [2.05, 4.69) is 4.90 Å². The Kier molecular flexibility index (Phi) is 4.19. The molecule has 1 unspecified atom stereocenters. The van der Waals surface area contributed by atoms with E-state index in [1.54, 1.807) is 4.90 Å². The monoisotopic (exact) mass is 254 g/mol. The number of likely N-dealkylation sites (tertiary alicyclic amines) is 2. The van der Waals surface area contributed by atoms with Gasteiger partial charge in [-0.1, -0.05) is 0 Å². The van der Waals surface area contributed by atoms with Crippen LogP contribution in [-0.2, 0) is 9.59 Å². The molecule has 6 nitrogen and oxygen atoms in total. The van der Waals surface area contributed by atoms with Crippen molar-refractivity contribution in [3.63, 3.8) is 0 Å². The van der Waals surface area contributed by atoms with Crippen LogP contribution >= 0.6 is 0 Å². The van der Waals surface area contributed by atoms with Crippen LogP contribution in [0.1, 0.15) is 25.7 Å². The van der Waals surface area contributed by atoms with Crippen molar-refractivity contribution in [2.24, 2.45) is 11.5 Å². The molecule has 0 saturated carbocycles. The van der Waals surface area contributed by atoms with Gasteiger partial charge in [0.25, 0.3) is 0 Å². The van der Waals surface area contributed by atoms with E-state index >= 15 is 0 Å². The summed E-state index contributed by atoms with van der Waals surface area (Å²) in [6, 6.07) is -0.133. The maximum atomic E-state index is 12.2. The Hall–Kier alpha value is -1.14. The van der Waals surface area contributed by atoms with Crippen LogP contribution in [0.15, 0.2) is 0 Å². The van der Waals surface area contributed by atoms with E-state index in [1.165, 1.54) is 0 Å². The first-order valence-electron chi connectivity index (χ1n) is 6.64. The fourth-order valence-electron chi connectivity index (χ4n) is 2.75. The van der Waals surface area contributed by atoms with Crippen molar-refractivity contribution in [3.05, 3.63) is 0 Å². The van der Waals surface area contributed by atoms with Crippen molar-refractivity contribution in [2.45, 2.75) is 37.8 Å². The molecule has 0 aromatic heterocycles. The number of amides is 2. The van der Waals surface area contributed by atoms with E-state index in [0.29, 0.717) is 19.5 Å². The number of carbonyl (C=O) groups is 2. The minimum atomic E-state index is -0.399.